The molecule has 0 aromatic carbocycles. The van der Waals surface area contributed by atoms with Crippen LogP contribution in [0.3, 0.4) is 0 Å². The van der Waals surface area contributed by atoms with Crippen molar-refractivity contribution >= 4 is 5.82 Å². The Morgan fingerprint density at radius 1 is 1.32 bits per heavy atom. The maximum Gasteiger partial charge on any atom is 0.351 e. The van der Waals surface area contributed by atoms with Gasteiger partial charge in [0.25, 0.3) is 0 Å². The Kier molecular flexibility index (Phi) is 4.44. The normalized spacial score (nSPS) is 32.5. The Bertz CT molecular complexity index is 572. The van der Waals surface area contributed by atoms with Crippen LogP contribution < -0.4 is 11.0 Å². The van der Waals surface area contributed by atoms with E-state index in [1.165, 1.54) is 19.0 Å². The summed E-state index contributed by atoms with van der Waals surface area (Å²) in [5.41, 5.74) is -0.571. The SMILES string of the molecule is O=c1nc(NC2CCCC2)ccn1[C@@H]1O[C@H](CO)C(O)C1O. The number of ether oxygens (including phenoxy) is 1. The van der Waals surface area contributed by atoms with Crippen molar-refractivity contribution in [1.29, 1.82) is 0 Å². The fraction of sp³-hybridized carbons (Fsp3) is 0.714. The molecule has 1 saturated carbocycles. The molecular weight excluding hydrogens is 290 g/mol. The Hall–Kier alpha value is -1.48. The van der Waals surface area contributed by atoms with Crippen LogP contribution in [0.1, 0.15) is 31.9 Å². The highest BCUT2D eigenvalue weighted by Crippen LogP contribution is 2.28. The molecule has 22 heavy (non-hydrogen) atoms. The van der Waals surface area contributed by atoms with Crippen LogP contribution in [0.15, 0.2) is 17.1 Å². The van der Waals surface area contributed by atoms with Gasteiger partial charge in [-0.15, -0.1) is 0 Å². The fourth-order valence-electron chi connectivity index (χ4n) is 3.08. The molecule has 0 spiro atoms. The maximum absolute atomic E-state index is 12.1. The van der Waals surface area contributed by atoms with Gasteiger partial charge in [-0.1, -0.05) is 12.8 Å². The molecule has 8 nitrogen and oxygen atoms in total. The average Bonchev–Trinajstić information content (AvgIpc) is 3.10. The number of aromatic nitrogens is 2. The molecule has 1 aromatic heterocycles. The molecule has 122 valence electrons. The van der Waals surface area contributed by atoms with E-state index in [0.717, 1.165) is 17.4 Å². The smallest absolute Gasteiger partial charge is 0.351 e. The minimum absolute atomic E-state index is 0.344. The molecule has 0 bridgehead atoms. The molecule has 1 aromatic rings. The van der Waals surface area contributed by atoms with E-state index in [1.54, 1.807) is 6.07 Å². The highest BCUT2D eigenvalue weighted by Gasteiger charge is 2.43. The van der Waals surface area contributed by atoms with Crippen molar-refractivity contribution in [3.05, 3.63) is 22.7 Å². The van der Waals surface area contributed by atoms with Gasteiger partial charge in [-0.3, -0.25) is 4.57 Å². The van der Waals surface area contributed by atoms with Crippen LogP contribution in [0.5, 0.6) is 0 Å². The molecule has 2 fully saturated rings. The minimum Gasteiger partial charge on any atom is -0.394 e. The van der Waals surface area contributed by atoms with Gasteiger partial charge < -0.3 is 25.4 Å². The van der Waals surface area contributed by atoms with Gasteiger partial charge in [0.1, 0.15) is 24.1 Å². The highest BCUT2D eigenvalue weighted by atomic mass is 16.6. The van der Waals surface area contributed by atoms with Crippen LogP contribution in [0, 0.1) is 0 Å². The molecular formula is C14H21N3O5. The van der Waals surface area contributed by atoms with E-state index in [1.807, 2.05) is 0 Å². The standard InChI is InChI=1S/C14H21N3O5/c18-7-9-11(19)12(20)13(22-9)17-6-5-10(16-14(17)21)15-8-3-1-2-4-8/h5-6,8-9,11-13,18-20H,1-4,7H2,(H,15,16,21)/t9-,11?,12?,13-/m1/s1. The minimum atomic E-state index is -1.29. The molecule has 0 amide bonds. The number of hydrogen-bond donors (Lipinski definition) is 4. The second-order valence-corrected chi connectivity index (χ2v) is 5.86. The molecule has 4 N–H and O–H groups in total. The third kappa shape index (κ3) is 2.87. The van der Waals surface area contributed by atoms with Crippen molar-refractivity contribution in [3.8, 4) is 0 Å². The lowest BCUT2D eigenvalue weighted by atomic mass is 10.1. The van der Waals surface area contributed by atoms with Crippen LogP contribution in [0.4, 0.5) is 5.82 Å². The molecule has 2 unspecified atom stereocenters. The number of aliphatic hydroxyl groups excluding tert-OH is 3. The monoisotopic (exact) mass is 311 g/mol. The first-order chi connectivity index (χ1) is 10.6. The summed E-state index contributed by atoms with van der Waals surface area (Å²) in [5.74, 6) is 0.500. The van der Waals surface area contributed by atoms with E-state index in [-0.39, 0.29) is 0 Å². The van der Waals surface area contributed by atoms with Gasteiger partial charge in [-0.2, -0.15) is 4.98 Å². The first kappa shape index (κ1) is 15.4. The van der Waals surface area contributed by atoms with Gasteiger partial charge in [0.15, 0.2) is 6.23 Å². The summed E-state index contributed by atoms with van der Waals surface area (Å²) < 4.78 is 6.46. The molecule has 8 heteroatoms. The van der Waals surface area contributed by atoms with Crippen molar-refractivity contribution < 1.29 is 20.1 Å². The number of anilines is 1. The predicted octanol–water partition coefficient (Wildman–Crippen LogP) is -0.791. The van der Waals surface area contributed by atoms with Crippen LogP contribution in [-0.2, 0) is 4.74 Å². The highest BCUT2D eigenvalue weighted by molar-refractivity contribution is 5.33. The number of rotatable bonds is 4. The van der Waals surface area contributed by atoms with Gasteiger partial charge in [0, 0.05) is 12.2 Å². The lowest BCUT2D eigenvalue weighted by Crippen LogP contribution is -2.36. The lowest BCUT2D eigenvalue weighted by molar-refractivity contribution is -0.0549. The van der Waals surface area contributed by atoms with Crippen molar-refractivity contribution in [2.75, 3.05) is 11.9 Å². The van der Waals surface area contributed by atoms with Gasteiger partial charge in [0.05, 0.1) is 6.61 Å². The van der Waals surface area contributed by atoms with E-state index < -0.39 is 36.8 Å². The van der Waals surface area contributed by atoms with E-state index in [0.29, 0.717) is 11.9 Å². The topological polar surface area (TPSA) is 117 Å². The molecule has 2 heterocycles. The van der Waals surface area contributed by atoms with Crippen LogP contribution >= 0.6 is 0 Å². The zero-order chi connectivity index (χ0) is 15.7. The first-order valence-corrected chi connectivity index (χ1v) is 7.58. The first-order valence-electron chi connectivity index (χ1n) is 7.58. The number of nitrogens with one attached hydrogen (secondary N) is 1. The Morgan fingerprint density at radius 3 is 2.64 bits per heavy atom. The van der Waals surface area contributed by atoms with Gasteiger partial charge in [-0.05, 0) is 18.9 Å². The summed E-state index contributed by atoms with van der Waals surface area (Å²) in [7, 11) is 0. The van der Waals surface area contributed by atoms with Crippen molar-refractivity contribution in [1.82, 2.24) is 9.55 Å². The van der Waals surface area contributed by atoms with Crippen LogP contribution in [0.2, 0.25) is 0 Å². The zero-order valence-electron chi connectivity index (χ0n) is 12.1. The van der Waals surface area contributed by atoms with E-state index in [4.69, 9.17) is 9.84 Å². The van der Waals surface area contributed by atoms with Crippen molar-refractivity contribution in [2.24, 2.45) is 0 Å². The second kappa shape index (κ2) is 6.33. The summed E-state index contributed by atoms with van der Waals surface area (Å²) in [6.45, 7) is -0.432. The summed E-state index contributed by atoms with van der Waals surface area (Å²) in [6, 6.07) is 1.99. The van der Waals surface area contributed by atoms with Crippen LogP contribution in [0.25, 0.3) is 0 Å². The average molecular weight is 311 g/mol. The number of hydrogen-bond acceptors (Lipinski definition) is 7. The van der Waals surface area contributed by atoms with Gasteiger partial charge >= 0.3 is 5.69 Å². The Labute approximate surface area is 127 Å². The van der Waals surface area contributed by atoms with Crippen molar-refractivity contribution in [3.63, 3.8) is 0 Å². The lowest BCUT2D eigenvalue weighted by Gasteiger charge is -2.18. The molecule has 1 aliphatic carbocycles. The Balaban J connectivity index is 1.76. The summed E-state index contributed by atoms with van der Waals surface area (Å²) >= 11 is 0. The zero-order valence-corrected chi connectivity index (χ0v) is 12.1. The molecule has 2 aliphatic rings. The molecule has 0 radical (unpaired) electrons. The Morgan fingerprint density at radius 2 is 2.05 bits per heavy atom. The number of nitrogens with zero attached hydrogens (tertiary/aromatic N) is 2. The van der Waals surface area contributed by atoms with Gasteiger partial charge in [0.2, 0.25) is 0 Å². The molecule has 1 saturated heterocycles. The van der Waals surface area contributed by atoms with E-state index in [2.05, 4.69) is 10.3 Å². The van der Waals surface area contributed by atoms with Crippen molar-refractivity contribution in [2.45, 2.75) is 56.3 Å². The quantitative estimate of drug-likeness (QED) is 0.575. The molecule has 3 rings (SSSR count). The number of aliphatic hydroxyl groups is 3. The summed E-state index contributed by atoms with van der Waals surface area (Å²) in [5, 5.41) is 32.0. The third-order valence-corrected chi connectivity index (χ3v) is 4.33. The fourth-order valence-corrected chi connectivity index (χ4v) is 3.08. The van der Waals surface area contributed by atoms with Crippen LogP contribution in [-0.4, -0.2) is 55.8 Å². The van der Waals surface area contributed by atoms with E-state index >= 15 is 0 Å². The summed E-state index contributed by atoms with van der Waals surface area (Å²) in [6.07, 6.45) is 1.49. The predicted molar refractivity (Wildman–Crippen MR) is 77.4 cm³/mol. The maximum atomic E-state index is 12.1. The largest absolute Gasteiger partial charge is 0.394 e. The third-order valence-electron chi connectivity index (χ3n) is 4.33. The van der Waals surface area contributed by atoms with E-state index in [9.17, 15) is 15.0 Å². The molecule has 1 aliphatic heterocycles. The summed E-state index contributed by atoms with van der Waals surface area (Å²) in [4.78, 5) is 16.1. The second-order valence-electron chi connectivity index (χ2n) is 5.86. The van der Waals surface area contributed by atoms with Gasteiger partial charge in [-0.25, -0.2) is 4.79 Å². The molecule has 4 atom stereocenters.